The van der Waals surface area contributed by atoms with Gasteiger partial charge in [0.15, 0.2) is 0 Å². The molecule has 4 atom stereocenters. The summed E-state index contributed by atoms with van der Waals surface area (Å²) in [5.74, 6) is -2.52. The minimum Gasteiger partial charge on any atom is -0.480 e. The van der Waals surface area contributed by atoms with E-state index in [1.807, 2.05) is 27.7 Å². The maximum atomic E-state index is 13.1. The van der Waals surface area contributed by atoms with E-state index in [2.05, 4.69) is 10.6 Å². The van der Waals surface area contributed by atoms with Gasteiger partial charge in [-0.1, -0.05) is 41.5 Å². The van der Waals surface area contributed by atoms with Gasteiger partial charge in [0.1, 0.15) is 18.1 Å². The van der Waals surface area contributed by atoms with Gasteiger partial charge in [-0.15, -0.1) is 0 Å². The number of rotatable bonds is 10. The standard InChI is InChI=1S/C21H38N4O5/c1-11(2)10-14(20(28)25-9-7-8-15(25)21(29)30)23-19(27)17(13(5)6)24-18(26)16(22)12(3)4/h11-17H,7-10,22H2,1-6H3,(H,23,27)(H,24,26)(H,29,30). The van der Waals surface area contributed by atoms with Crippen LogP contribution in [-0.2, 0) is 19.2 Å². The van der Waals surface area contributed by atoms with Crippen LogP contribution >= 0.6 is 0 Å². The molecule has 0 radical (unpaired) electrons. The van der Waals surface area contributed by atoms with E-state index < -0.39 is 47.9 Å². The second kappa shape index (κ2) is 11.3. The van der Waals surface area contributed by atoms with Crippen LogP contribution in [0.25, 0.3) is 0 Å². The molecule has 1 heterocycles. The molecule has 0 bridgehead atoms. The lowest BCUT2D eigenvalue weighted by Crippen LogP contribution is -2.59. The van der Waals surface area contributed by atoms with Crippen LogP contribution in [0.2, 0.25) is 0 Å². The molecule has 1 aliphatic rings. The van der Waals surface area contributed by atoms with Gasteiger partial charge in [0.25, 0.3) is 0 Å². The van der Waals surface area contributed by atoms with Gasteiger partial charge in [0, 0.05) is 6.54 Å². The fourth-order valence-corrected chi connectivity index (χ4v) is 3.53. The third-order valence-corrected chi connectivity index (χ3v) is 5.41. The molecule has 172 valence electrons. The summed E-state index contributed by atoms with van der Waals surface area (Å²) in [7, 11) is 0. The SMILES string of the molecule is CC(C)CC(NC(=O)C(NC(=O)C(N)C(C)C)C(C)C)C(=O)N1CCCC1C(=O)O. The van der Waals surface area contributed by atoms with Crippen molar-refractivity contribution in [3.63, 3.8) is 0 Å². The Labute approximate surface area is 179 Å². The van der Waals surface area contributed by atoms with E-state index in [1.165, 1.54) is 4.90 Å². The minimum atomic E-state index is -1.04. The molecular weight excluding hydrogens is 388 g/mol. The number of nitrogens with one attached hydrogen (secondary N) is 2. The molecule has 3 amide bonds. The van der Waals surface area contributed by atoms with Crippen LogP contribution in [-0.4, -0.2) is 64.4 Å². The van der Waals surface area contributed by atoms with E-state index in [1.54, 1.807) is 13.8 Å². The highest BCUT2D eigenvalue weighted by molar-refractivity contribution is 5.94. The number of carboxylic acids is 1. The predicted molar refractivity (Wildman–Crippen MR) is 113 cm³/mol. The molecule has 1 saturated heterocycles. The van der Waals surface area contributed by atoms with Crippen molar-refractivity contribution in [3.8, 4) is 0 Å². The van der Waals surface area contributed by atoms with Crippen LogP contribution in [0, 0.1) is 17.8 Å². The second-order valence-electron chi connectivity index (χ2n) is 9.22. The fourth-order valence-electron chi connectivity index (χ4n) is 3.53. The third kappa shape index (κ3) is 6.97. The van der Waals surface area contributed by atoms with Gasteiger partial charge in [0.2, 0.25) is 17.7 Å². The van der Waals surface area contributed by atoms with E-state index >= 15 is 0 Å². The molecule has 0 aliphatic carbocycles. The largest absolute Gasteiger partial charge is 0.480 e. The van der Waals surface area contributed by atoms with Crippen molar-refractivity contribution in [2.24, 2.45) is 23.5 Å². The number of hydrogen-bond acceptors (Lipinski definition) is 5. The quantitative estimate of drug-likeness (QED) is 0.405. The summed E-state index contributed by atoms with van der Waals surface area (Å²) in [4.78, 5) is 51.3. The van der Waals surface area contributed by atoms with Crippen LogP contribution in [0.1, 0.15) is 60.8 Å². The maximum absolute atomic E-state index is 13.1. The third-order valence-electron chi connectivity index (χ3n) is 5.41. The Morgan fingerprint density at radius 3 is 2.07 bits per heavy atom. The maximum Gasteiger partial charge on any atom is 0.326 e. The van der Waals surface area contributed by atoms with Crippen LogP contribution in [0.5, 0.6) is 0 Å². The monoisotopic (exact) mass is 426 g/mol. The topological polar surface area (TPSA) is 142 Å². The summed E-state index contributed by atoms with van der Waals surface area (Å²) >= 11 is 0. The van der Waals surface area contributed by atoms with E-state index in [0.717, 1.165) is 0 Å². The molecule has 0 spiro atoms. The first-order valence-corrected chi connectivity index (χ1v) is 10.8. The molecule has 1 rings (SSSR count). The van der Waals surface area contributed by atoms with Crippen molar-refractivity contribution in [3.05, 3.63) is 0 Å². The van der Waals surface area contributed by atoms with Crippen molar-refractivity contribution >= 4 is 23.7 Å². The highest BCUT2D eigenvalue weighted by Crippen LogP contribution is 2.20. The number of nitrogens with two attached hydrogens (primary N) is 1. The van der Waals surface area contributed by atoms with Gasteiger partial charge in [-0.05, 0) is 37.0 Å². The average Bonchev–Trinajstić information content (AvgIpc) is 3.13. The van der Waals surface area contributed by atoms with E-state index in [0.29, 0.717) is 25.8 Å². The minimum absolute atomic E-state index is 0.0840. The second-order valence-corrected chi connectivity index (χ2v) is 9.22. The van der Waals surface area contributed by atoms with Crippen molar-refractivity contribution in [1.29, 1.82) is 0 Å². The van der Waals surface area contributed by atoms with Gasteiger partial charge in [-0.25, -0.2) is 4.79 Å². The zero-order valence-electron chi connectivity index (χ0n) is 19.0. The number of hydrogen-bond donors (Lipinski definition) is 4. The number of likely N-dealkylation sites (tertiary alicyclic amines) is 1. The molecule has 4 unspecified atom stereocenters. The van der Waals surface area contributed by atoms with Gasteiger partial charge in [0.05, 0.1) is 6.04 Å². The zero-order valence-corrected chi connectivity index (χ0v) is 19.0. The Kier molecular flexibility index (Phi) is 9.74. The first-order valence-electron chi connectivity index (χ1n) is 10.8. The number of carbonyl (C=O) groups excluding carboxylic acids is 3. The van der Waals surface area contributed by atoms with Crippen LogP contribution < -0.4 is 16.4 Å². The molecule has 9 nitrogen and oxygen atoms in total. The lowest BCUT2D eigenvalue weighted by molar-refractivity contribution is -0.149. The summed E-state index contributed by atoms with van der Waals surface area (Å²) in [5.41, 5.74) is 5.89. The van der Waals surface area contributed by atoms with Crippen molar-refractivity contribution in [2.45, 2.75) is 85.0 Å². The highest BCUT2D eigenvalue weighted by Gasteiger charge is 2.39. The first kappa shape index (κ1) is 25.9. The number of carbonyl (C=O) groups is 4. The Morgan fingerprint density at radius 1 is 1.00 bits per heavy atom. The summed E-state index contributed by atoms with van der Waals surface area (Å²) in [6.07, 6.45) is 1.39. The zero-order chi connectivity index (χ0) is 23.2. The Hall–Kier alpha value is -2.16. The normalized spacial score (nSPS) is 19.7. The van der Waals surface area contributed by atoms with Crippen LogP contribution in [0.3, 0.4) is 0 Å². The molecule has 30 heavy (non-hydrogen) atoms. The van der Waals surface area contributed by atoms with Gasteiger partial charge in [-0.2, -0.15) is 0 Å². The van der Waals surface area contributed by atoms with E-state index in [4.69, 9.17) is 5.73 Å². The smallest absolute Gasteiger partial charge is 0.326 e. The van der Waals surface area contributed by atoms with Crippen molar-refractivity contribution in [2.75, 3.05) is 6.54 Å². The Bertz CT molecular complexity index is 635. The number of carboxylic acid groups (broad SMARTS) is 1. The first-order chi connectivity index (χ1) is 13.9. The molecule has 1 aliphatic heterocycles. The van der Waals surface area contributed by atoms with Gasteiger partial charge >= 0.3 is 5.97 Å². The number of amides is 3. The molecule has 9 heteroatoms. The molecule has 0 aromatic carbocycles. The van der Waals surface area contributed by atoms with Gasteiger partial charge < -0.3 is 26.4 Å². The molecule has 1 fully saturated rings. The Morgan fingerprint density at radius 2 is 1.60 bits per heavy atom. The Balaban J connectivity index is 2.98. The van der Waals surface area contributed by atoms with E-state index in [-0.39, 0.29) is 17.8 Å². The summed E-state index contributed by atoms with van der Waals surface area (Å²) in [5, 5.41) is 14.9. The number of nitrogens with zero attached hydrogens (tertiary/aromatic N) is 1. The fraction of sp³-hybridized carbons (Fsp3) is 0.810. The highest BCUT2D eigenvalue weighted by atomic mass is 16.4. The molecule has 0 aromatic heterocycles. The molecule has 0 saturated carbocycles. The lowest BCUT2D eigenvalue weighted by Gasteiger charge is -2.30. The lowest BCUT2D eigenvalue weighted by atomic mass is 9.98. The average molecular weight is 427 g/mol. The summed E-state index contributed by atoms with van der Waals surface area (Å²) in [6.45, 7) is 11.4. The number of aliphatic carboxylic acids is 1. The van der Waals surface area contributed by atoms with Crippen molar-refractivity contribution < 1.29 is 24.3 Å². The molecular formula is C21H38N4O5. The van der Waals surface area contributed by atoms with Crippen molar-refractivity contribution in [1.82, 2.24) is 15.5 Å². The van der Waals surface area contributed by atoms with Crippen LogP contribution in [0.4, 0.5) is 0 Å². The predicted octanol–water partition coefficient (Wildman–Crippen LogP) is 0.717. The van der Waals surface area contributed by atoms with Crippen LogP contribution in [0.15, 0.2) is 0 Å². The molecule has 5 N–H and O–H groups in total. The summed E-state index contributed by atoms with van der Waals surface area (Å²) < 4.78 is 0. The molecule has 0 aromatic rings. The van der Waals surface area contributed by atoms with E-state index in [9.17, 15) is 24.3 Å². The summed E-state index contributed by atoms with van der Waals surface area (Å²) in [6, 6.07) is -3.31. The van der Waals surface area contributed by atoms with Gasteiger partial charge in [-0.3, -0.25) is 14.4 Å².